The maximum Gasteiger partial charge on any atom is 0.238 e. The summed E-state index contributed by atoms with van der Waals surface area (Å²) in [5.74, 6) is 0.885. The van der Waals surface area contributed by atoms with Gasteiger partial charge in [-0.05, 0) is 50.0 Å². The quantitative estimate of drug-likeness (QED) is 0.703. The monoisotopic (exact) mass is 293 g/mol. The van der Waals surface area contributed by atoms with Crippen LogP contribution in [-0.2, 0) is 4.79 Å². The number of nitrogen functional groups attached to an aromatic ring is 1. The average molecular weight is 293 g/mol. The standard InChI is InChI=1S/C15H23N3O3/c1-21-14-3-2-12(16)8-13(14)17-15(20)9-18-6-4-11(10-19)5-7-18/h2-3,8,11,19H,4-7,9-10,16H2,1H3,(H,17,20). The summed E-state index contributed by atoms with van der Waals surface area (Å²) in [6.07, 6.45) is 1.87. The summed E-state index contributed by atoms with van der Waals surface area (Å²) < 4.78 is 5.21. The minimum Gasteiger partial charge on any atom is -0.495 e. The Labute approximate surface area is 124 Å². The van der Waals surface area contributed by atoms with Crippen molar-refractivity contribution in [2.45, 2.75) is 12.8 Å². The fourth-order valence-corrected chi connectivity index (χ4v) is 2.54. The molecular formula is C15H23N3O3. The highest BCUT2D eigenvalue weighted by Gasteiger charge is 2.20. The highest BCUT2D eigenvalue weighted by molar-refractivity contribution is 5.94. The maximum atomic E-state index is 12.1. The first-order valence-corrected chi connectivity index (χ1v) is 7.19. The van der Waals surface area contributed by atoms with Crippen LogP contribution in [-0.4, -0.2) is 49.3 Å². The van der Waals surface area contributed by atoms with E-state index in [2.05, 4.69) is 10.2 Å². The number of anilines is 2. The molecular weight excluding hydrogens is 270 g/mol. The van der Waals surface area contributed by atoms with Crippen molar-refractivity contribution in [1.82, 2.24) is 4.90 Å². The smallest absolute Gasteiger partial charge is 0.238 e. The van der Waals surface area contributed by atoms with Crippen LogP contribution < -0.4 is 15.8 Å². The molecule has 6 nitrogen and oxygen atoms in total. The summed E-state index contributed by atoms with van der Waals surface area (Å²) in [6, 6.07) is 5.15. The highest BCUT2D eigenvalue weighted by atomic mass is 16.5. The number of carbonyl (C=O) groups excluding carboxylic acids is 1. The van der Waals surface area contributed by atoms with E-state index in [9.17, 15) is 4.79 Å². The molecule has 1 aromatic rings. The van der Waals surface area contributed by atoms with Gasteiger partial charge >= 0.3 is 0 Å². The summed E-state index contributed by atoms with van der Waals surface area (Å²) in [6.45, 7) is 2.26. The number of nitrogens with one attached hydrogen (secondary N) is 1. The molecule has 4 N–H and O–H groups in total. The number of hydrogen-bond acceptors (Lipinski definition) is 5. The lowest BCUT2D eigenvalue weighted by molar-refractivity contribution is -0.117. The Kier molecular flexibility index (Phi) is 5.41. The van der Waals surface area contributed by atoms with Gasteiger partial charge < -0.3 is 20.9 Å². The van der Waals surface area contributed by atoms with Gasteiger partial charge in [-0.15, -0.1) is 0 Å². The summed E-state index contributed by atoms with van der Waals surface area (Å²) in [5, 5.41) is 12.0. The van der Waals surface area contributed by atoms with Crippen LogP contribution in [0.2, 0.25) is 0 Å². The van der Waals surface area contributed by atoms with Crippen LogP contribution in [0.25, 0.3) is 0 Å². The van der Waals surface area contributed by atoms with E-state index in [-0.39, 0.29) is 12.5 Å². The van der Waals surface area contributed by atoms with Crippen LogP contribution in [0.3, 0.4) is 0 Å². The highest BCUT2D eigenvalue weighted by Crippen LogP contribution is 2.26. The molecule has 116 valence electrons. The third-order valence-electron chi connectivity index (χ3n) is 3.83. The van der Waals surface area contributed by atoms with Gasteiger partial charge in [0.05, 0.1) is 19.3 Å². The van der Waals surface area contributed by atoms with E-state index in [0.29, 0.717) is 29.6 Å². The predicted octanol–water partition coefficient (Wildman–Crippen LogP) is 0.920. The number of aliphatic hydroxyl groups is 1. The molecule has 21 heavy (non-hydrogen) atoms. The van der Waals surface area contributed by atoms with Crippen LogP contribution in [0.15, 0.2) is 18.2 Å². The number of likely N-dealkylation sites (tertiary alicyclic amines) is 1. The number of piperidine rings is 1. The zero-order valence-corrected chi connectivity index (χ0v) is 12.3. The van der Waals surface area contributed by atoms with Crippen molar-refractivity contribution in [2.75, 3.05) is 44.4 Å². The molecule has 1 saturated heterocycles. The van der Waals surface area contributed by atoms with E-state index in [1.807, 2.05) is 0 Å². The second-order valence-electron chi connectivity index (χ2n) is 5.41. The Morgan fingerprint density at radius 2 is 2.19 bits per heavy atom. The van der Waals surface area contributed by atoms with Gasteiger partial charge in [-0.3, -0.25) is 9.69 Å². The number of benzene rings is 1. The van der Waals surface area contributed by atoms with E-state index in [1.54, 1.807) is 25.3 Å². The molecule has 0 bridgehead atoms. The molecule has 1 heterocycles. The predicted molar refractivity (Wildman–Crippen MR) is 82.3 cm³/mol. The van der Waals surface area contributed by atoms with E-state index < -0.39 is 0 Å². The minimum atomic E-state index is -0.0821. The molecule has 0 spiro atoms. The molecule has 6 heteroatoms. The Hall–Kier alpha value is -1.79. The van der Waals surface area contributed by atoms with Gasteiger partial charge in [0.1, 0.15) is 5.75 Å². The lowest BCUT2D eigenvalue weighted by atomic mass is 9.98. The van der Waals surface area contributed by atoms with Gasteiger partial charge in [-0.2, -0.15) is 0 Å². The summed E-state index contributed by atoms with van der Waals surface area (Å²) >= 11 is 0. The van der Waals surface area contributed by atoms with E-state index in [0.717, 1.165) is 25.9 Å². The van der Waals surface area contributed by atoms with Crippen molar-refractivity contribution in [1.29, 1.82) is 0 Å². The first kappa shape index (κ1) is 15.6. The summed E-state index contributed by atoms with van der Waals surface area (Å²) in [5.41, 5.74) is 6.90. The van der Waals surface area contributed by atoms with Crippen LogP contribution in [0.5, 0.6) is 5.75 Å². The van der Waals surface area contributed by atoms with Crippen molar-refractivity contribution >= 4 is 17.3 Å². The zero-order chi connectivity index (χ0) is 15.2. The number of ether oxygens (including phenoxy) is 1. The van der Waals surface area contributed by atoms with Crippen molar-refractivity contribution < 1.29 is 14.6 Å². The molecule has 0 aliphatic carbocycles. The Morgan fingerprint density at radius 3 is 2.81 bits per heavy atom. The van der Waals surface area contributed by atoms with E-state index in [4.69, 9.17) is 15.6 Å². The van der Waals surface area contributed by atoms with Gasteiger partial charge in [-0.25, -0.2) is 0 Å². The van der Waals surface area contributed by atoms with E-state index in [1.165, 1.54) is 0 Å². The molecule has 1 aliphatic heterocycles. The third kappa shape index (κ3) is 4.34. The number of aliphatic hydroxyl groups excluding tert-OH is 1. The van der Waals surface area contributed by atoms with Gasteiger partial charge in [0.2, 0.25) is 5.91 Å². The van der Waals surface area contributed by atoms with Crippen molar-refractivity contribution in [3.05, 3.63) is 18.2 Å². The molecule has 1 fully saturated rings. The molecule has 0 unspecified atom stereocenters. The van der Waals surface area contributed by atoms with Crippen LogP contribution in [0.1, 0.15) is 12.8 Å². The molecule has 0 radical (unpaired) electrons. The van der Waals surface area contributed by atoms with Crippen molar-refractivity contribution in [3.8, 4) is 5.75 Å². The van der Waals surface area contributed by atoms with Gasteiger partial charge in [-0.1, -0.05) is 0 Å². The topological polar surface area (TPSA) is 87.8 Å². The fourth-order valence-electron chi connectivity index (χ4n) is 2.54. The summed E-state index contributed by atoms with van der Waals surface area (Å²) in [7, 11) is 1.56. The number of hydrogen-bond donors (Lipinski definition) is 3. The minimum absolute atomic E-state index is 0.0821. The normalized spacial score (nSPS) is 16.7. The number of methoxy groups -OCH3 is 1. The number of amides is 1. The average Bonchev–Trinajstić information content (AvgIpc) is 2.48. The van der Waals surface area contributed by atoms with Crippen LogP contribution in [0.4, 0.5) is 11.4 Å². The molecule has 1 aromatic carbocycles. The molecule has 0 aromatic heterocycles. The second kappa shape index (κ2) is 7.28. The number of nitrogens with zero attached hydrogens (tertiary/aromatic N) is 1. The SMILES string of the molecule is COc1ccc(N)cc1NC(=O)CN1CCC(CO)CC1. The van der Waals surface area contributed by atoms with Gasteiger partial charge in [0, 0.05) is 12.3 Å². The number of carbonyl (C=O) groups is 1. The molecule has 1 aliphatic rings. The molecule has 2 rings (SSSR count). The van der Waals surface area contributed by atoms with Crippen molar-refractivity contribution in [3.63, 3.8) is 0 Å². The van der Waals surface area contributed by atoms with Gasteiger partial charge in [0.15, 0.2) is 0 Å². The molecule has 0 atom stereocenters. The Balaban J connectivity index is 1.89. The zero-order valence-electron chi connectivity index (χ0n) is 12.3. The maximum absolute atomic E-state index is 12.1. The van der Waals surface area contributed by atoms with Crippen molar-refractivity contribution in [2.24, 2.45) is 5.92 Å². The second-order valence-corrected chi connectivity index (χ2v) is 5.41. The lowest BCUT2D eigenvalue weighted by Gasteiger charge is -2.30. The first-order chi connectivity index (χ1) is 10.1. The largest absolute Gasteiger partial charge is 0.495 e. The molecule has 1 amide bonds. The Bertz CT molecular complexity index is 485. The molecule has 0 saturated carbocycles. The summed E-state index contributed by atoms with van der Waals surface area (Å²) in [4.78, 5) is 14.2. The number of rotatable bonds is 5. The third-order valence-corrected chi connectivity index (χ3v) is 3.83. The van der Waals surface area contributed by atoms with Gasteiger partial charge in [0.25, 0.3) is 0 Å². The number of nitrogens with two attached hydrogens (primary N) is 1. The lowest BCUT2D eigenvalue weighted by Crippen LogP contribution is -2.39. The van der Waals surface area contributed by atoms with Crippen LogP contribution in [0, 0.1) is 5.92 Å². The van der Waals surface area contributed by atoms with E-state index >= 15 is 0 Å². The fraction of sp³-hybridized carbons (Fsp3) is 0.533. The first-order valence-electron chi connectivity index (χ1n) is 7.19. The Morgan fingerprint density at radius 1 is 1.48 bits per heavy atom. The van der Waals surface area contributed by atoms with Crippen LogP contribution >= 0.6 is 0 Å².